The van der Waals surface area contributed by atoms with Crippen LogP contribution in [0.15, 0.2) is 48.5 Å². The molecule has 3 nitrogen and oxygen atoms in total. The van der Waals surface area contributed by atoms with Gasteiger partial charge in [0.05, 0.1) is 0 Å². The van der Waals surface area contributed by atoms with Crippen molar-refractivity contribution in [2.75, 3.05) is 5.32 Å². The molecule has 0 saturated heterocycles. The Morgan fingerprint density at radius 1 is 1.13 bits per heavy atom. The van der Waals surface area contributed by atoms with Crippen LogP contribution in [0.5, 0.6) is 5.75 Å². The lowest BCUT2D eigenvalue weighted by atomic mass is 10.0. The molecule has 0 radical (unpaired) electrons. The number of aryl methyl sites for hydroxylation is 1. The number of rotatable bonds is 6. The summed E-state index contributed by atoms with van der Waals surface area (Å²) in [5, 5.41) is 3.01. The highest BCUT2D eigenvalue weighted by atomic mass is 16.5. The van der Waals surface area contributed by atoms with Gasteiger partial charge in [-0.25, -0.2) is 0 Å². The Hall–Kier alpha value is -2.29. The van der Waals surface area contributed by atoms with Crippen LogP contribution in [0.25, 0.3) is 0 Å². The fraction of sp³-hybridized carbons (Fsp3) is 0.350. The molecular formula is C20H25NO2. The predicted octanol–water partition coefficient (Wildman–Crippen LogP) is 4.91. The maximum absolute atomic E-state index is 12.6. The monoisotopic (exact) mass is 311 g/mol. The molecule has 1 amide bonds. The van der Waals surface area contributed by atoms with Gasteiger partial charge in [-0.05, 0) is 48.6 Å². The quantitative estimate of drug-likeness (QED) is 0.822. The summed E-state index contributed by atoms with van der Waals surface area (Å²) in [4.78, 5) is 12.6. The Kier molecular flexibility index (Phi) is 5.80. The summed E-state index contributed by atoms with van der Waals surface area (Å²) in [6.45, 7) is 8.19. The molecule has 0 saturated carbocycles. The number of benzene rings is 2. The van der Waals surface area contributed by atoms with Gasteiger partial charge in [-0.2, -0.15) is 0 Å². The topological polar surface area (TPSA) is 38.3 Å². The molecule has 1 unspecified atom stereocenters. The third-order valence-electron chi connectivity index (χ3n) is 3.77. The van der Waals surface area contributed by atoms with Crippen molar-refractivity contribution in [1.82, 2.24) is 0 Å². The van der Waals surface area contributed by atoms with E-state index in [0.717, 1.165) is 22.6 Å². The molecule has 0 aliphatic heterocycles. The summed E-state index contributed by atoms with van der Waals surface area (Å²) in [6.07, 6.45) is 0.112. The molecule has 0 aromatic heterocycles. The second kappa shape index (κ2) is 7.82. The number of anilines is 1. The lowest BCUT2D eigenvalue weighted by Gasteiger charge is -2.19. The maximum Gasteiger partial charge on any atom is 0.265 e. The summed E-state index contributed by atoms with van der Waals surface area (Å²) in [5.41, 5.74) is 3.10. The highest BCUT2D eigenvalue weighted by molar-refractivity contribution is 5.95. The Morgan fingerprint density at radius 2 is 1.87 bits per heavy atom. The summed E-state index contributed by atoms with van der Waals surface area (Å²) in [5.74, 6) is 0.968. The zero-order valence-electron chi connectivity index (χ0n) is 14.3. The molecule has 2 rings (SSSR count). The van der Waals surface area contributed by atoms with E-state index in [1.54, 1.807) is 0 Å². The van der Waals surface area contributed by atoms with Crippen molar-refractivity contribution >= 4 is 11.6 Å². The number of hydrogen-bond acceptors (Lipinski definition) is 2. The molecular weight excluding hydrogens is 286 g/mol. The fourth-order valence-corrected chi connectivity index (χ4v) is 2.50. The number of amides is 1. The van der Waals surface area contributed by atoms with Crippen molar-refractivity contribution in [3.63, 3.8) is 0 Å². The van der Waals surface area contributed by atoms with Crippen LogP contribution in [0.2, 0.25) is 0 Å². The molecule has 1 atom stereocenters. The Bertz CT molecular complexity index is 664. The summed E-state index contributed by atoms with van der Waals surface area (Å²) >= 11 is 0. The van der Waals surface area contributed by atoms with Crippen LogP contribution >= 0.6 is 0 Å². The van der Waals surface area contributed by atoms with Gasteiger partial charge in [0.2, 0.25) is 0 Å². The zero-order valence-corrected chi connectivity index (χ0v) is 14.3. The molecule has 2 aromatic rings. The van der Waals surface area contributed by atoms with Gasteiger partial charge in [0.1, 0.15) is 5.75 Å². The van der Waals surface area contributed by atoms with E-state index in [1.165, 1.54) is 0 Å². The van der Waals surface area contributed by atoms with E-state index >= 15 is 0 Å². The highest BCUT2D eigenvalue weighted by Crippen LogP contribution is 2.24. The number of para-hydroxylation sites is 1. The van der Waals surface area contributed by atoms with Gasteiger partial charge in [-0.3, -0.25) is 4.79 Å². The molecule has 2 aromatic carbocycles. The van der Waals surface area contributed by atoms with Crippen molar-refractivity contribution in [2.24, 2.45) is 0 Å². The first kappa shape index (κ1) is 17.1. The number of carbonyl (C=O) groups excluding carboxylic acids is 1. The first-order chi connectivity index (χ1) is 11.0. The third kappa shape index (κ3) is 4.59. The molecule has 23 heavy (non-hydrogen) atoms. The summed E-state index contributed by atoms with van der Waals surface area (Å²) < 4.78 is 5.87. The van der Waals surface area contributed by atoms with Crippen LogP contribution in [0.4, 0.5) is 5.69 Å². The number of hydrogen-bond donors (Lipinski definition) is 1. The van der Waals surface area contributed by atoms with Crippen LogP contribution in [0.3, 0.4) is 0 Å². The van der Waals surface area contributed by atoms with Gasteiger partial charge < -0.3 is 10.1 Å². The molecule has 0 aliphatic rings. The summed E-state index contributed by atoms with van der Waals surface area (Å²) in [6, 6.07) is 15.7. The van der Waals surface area contributed by atoms with Crippen molar-refractivity contribution in [1.29, 1.82) is 0 Å². The van der Waals surface area contributed by atoms with E-state index in [2.05, 4.69) is 19.2 Å². The fourth-order valence-electron chi connectivity index (χ4n) is 2.50. The van der Waals surface area contributed by atoms with Gasteiger partial charge in [-0.15, -0.1) is 0 Å². The Labute approximate surface area is 138 Å². The van der Waals surface area contributed by atoms with Gasteiger partial charge in [0.25, 0.3) is 5.91 Å². The SMILES string of the molecule is CCC(Oc1cccc(C)c1)C(=O)Nc1ccccc1C(C)C. The molecule has 1 N–H and O–H groups in total. The van der Waals surface area contributed by atoms with Gasteiger partial charge in [0, 0.05) is 5.69 Å². The van der Waals surface area contributed by atoms with Crippen molar-refractivity contribution in [3.8, 4) is 5.75 Å². The second-order valence-corrected chi connectivity index (χ2v) is 6.06. The van der Waals surface area contributed by atoms with Gasteiger partial charge >= 0.3 is 0 Å². The third-order valence-corrected chi connectivity index (χ3v) is 3.77. The minimum absolute atomic E-state index is 0.109. The number of carbonyl (C=O) groups is 1. The van der Waals surface area contributed by atoms with E-state index in [-0.39, 0.29) is 5.91 Å². The lowest BCUT2D eigenvalue weighted by Crippen LogP contribution is -2.32. The van der Waals surface area contributed by atoms with E-state index in [4.69, 9.17) is 4.74 Å². The Balaban J connectivity index is 2.12. The molecule has 0 aliphatic carbocycles. The summed E-state index contributed by atoms with van der Waals surface area (Å²) in [7, 11) is 0. The second-order valence-electron chi connectivity index (χ2n) is 6.06. The minimum Gasteiger partial charge on any atom is -0.481 e. The first-order valence-electron chi connectivity index (χ1n) is 8.14. The van der Waals surface area contributed by atoms with E-state index in [9.17, 15) is 4.79 Å². The maximum atomic E-state index is 12.6. The van der Waals surface area contributed by atoms with Gasteiger partial charge in [-0.1, -0.05) is 51.1 Å². The smallest absolute Gasteiger partial charge is 0.265 e. The average molecular weight is 311 g/mol. The van der Waals surface area contributed by atoms with Crippen LogP contribution < -0.4 is 10.1 Å². The molecule has 0 bridgehead atoms. The largest absolute Gasteiger partial charge is 0.481 e. The van der Waals surface area contributed by atoms with Gasteiger partial charge in [0.15, 0.2) is 6.10 Å². The predicted molar refractivity (Wildman–Crippen MR) is 95.0 cm³/mol. The standard InChI is InChI=1S/C20H25NO2/c1-5-19(23-16-10-8-9-15(4)13-16)20(22)21-18-12-7-6-11-17(18)14(2)3/h6-14,19H,5H2,1-4H3,(H,21,22). The zero-order chi connectivity index (χ0) is 16.8. The number of nitrogens with one attached hydrogen (secondary N) is 1. The van der Waals surface area contributed by atoms with Crippen LogP contribution in [0, 0.1) is 6.92 Å². The number of ether oxygens (including phenoxy) is 1. The molecule has 0 spiro atoms. The van der Waals surface area contributed by atoms with E-state index < -0.39 is 6.10 Å². The average Bonchev–Trinajstić information content (AvgIpc) is 2.53. The normalized spacial score (nSPS) is 12.0. The van der Waals surface area contributed by atoms with Crippen LogP contribution in [0.1, 0.15) is 44.2 Å². The van der Waals surface area contributed by atoms with Crippen molar-refractivity contribution in [3.05, 3.63) is 59.7 Å². The Morgan fingerprint density at radius 3 is 2.52 bits per heavy atom. The molecule has 0 heterocycles. The molecule has 3 heteroatoms. The van der Waals surface area contributed by atoms with Crippen LogP contribution in [-0.2, 0) is 4.79 Å². The molecule has 122 valence electrons. The van der Waals surface area contributed by atoms with E-state index in [1.807, 2.05) is 62.4 Å². The van der Waals surface area contributed by atoms with Crippen LogP contribution in [-0.4, -0.2) is 12.0 Å². The molecule has 0 fully saturated rings. The highest BCUT2D eigenvalue weighted by Gasteiger charge is 2.20. The van der Waals surface area contributed by atoms with Crippen molar-refractivity contribution < 1.29 is 9.53 Å². The first-order valence-corrected chi connectivity index (χ1v) is 8.14. The minimum atomic E-state index is -0.503. The van der Waals surface area contributed by atoms with Crippen molar-refractivity contribution in [2.45, 2.75) is 46.1 Å². The lowest BCUT2D eigenvalue weighted by molar-refractivity contribution is -0.122. The van der Waals surface area contributed by atoms with E-state index in [0.29, 0.717) is 12.3 Å².